The van der Waals surface area contributed by atoms with Crippen molar-refractivity contribution in [3.63, 3.8) is 0 Å². The van der Waals surface area contributed by atoms with E-state index in [1.807, 2.05) is 38.1 Å². The molecule has 1 saturated heterocycles. The van der Waals surface area contributed by atoms with Crippen LogP contribution >= 0.6 is 0 Å². The van der Waals surface area contributed by atoms with Crippen LogP contribution in [0.1, 0.15) is 96.4 Å². The van der Waals surface area contributed by atoms with E-state index in [1.54, 1.807) is 25.2 Å². The van der Waals surface area contributed by atoms with Gasteiger partial charge in [0.2, 0.25) is 0 Å². The highest BCUT2D eigenvalue weighted by molar-refractivity contribution is 6.02. The van der Waals surface area contributed by atoms with Crippen LogP contribution in [0, 0.1) is 17.8 Å². The molecule has 4 aliphatic rings. The fourth-order valence-corrected chi connectivity index (χ4v) is 5.13. The van der Waals surface area contributed by atoms with Gasteiger partial charge >= 0.3 is 5.97 Å². The number of nitrogens with zero attached hydrogens (tertiary/aromatic N) is 1. The zero-order chi connectivity index (χ0) is 30.8. The van der Waals surface area contributed by atoms with Crippen LogP contribution in [0.4, 0.5) is 0 Å². The molecule has 0 spiro atoms. The lowest BCUT2D eigenvalue weighted by molar-refractivity contribution is -0.147. The van der Waals surface area contributed by atoms with Crippen LogP contribution in [-0.4, -0.2) is 41.8 Å². The number of esters is 1. The van der Waals surface area contributed by atoms with Gasteiger partial charge in [0.15, 0.2) is 5.78 Å². The Labute approximate surface area is 252 Å². The maximum Gasteiger partial charge on any atom is 0.331 e. The zero-order valence-corrected chi connectivity index (χ0v) is 25.7. The number of Topliss-reactive ketones (excluding diaryl/α,β-unsaturated/α-hetero) is 1. The number of dihydropyridines is 1. The Morgan fingerprint density at radius 1 is 1.17 bits per heavy atom. The highest BCUT2D eigenvalue weighted by atomic mass is 16.6. The van der Waals surface area contributed by atoms with E-state index in [1.165, 1.54) is 37.3 Å². The van der Waals surface area contributed by atoms with E-state index in [0.29, 0.717) is 30.0 Å². The van der Waals surface area contributed by atoms with Crippen LogP contribution in [0.5, 0.6) is 0 Å². The molecule has 0 bridgehead atoms. The predicted octanol–water partition coefficient (Wildman–Crippen LogP) is 6.89. The highest BCUT2D eigenvalue weighted by Gasteiger charge is 2.52. The summed E-state index contributed by atoms with van der Waals surface area (Å²) < 4.78 is 11.9. The minimum Gasteiger partial charge on any atom is -0.456 e. The Balaban J connectivity index is 0.000000258. The molecule has 2 saturated carbocycles. The monoisotopic (exact) mass is 576 g/mol. The second-order valence-corrected chi connectivity index (χ2v) is 11.9. The van der Waals surface area contributed by atoms with Gasteiger partial charge in [0, 0.05) is 25.4 Å². The number of ketones is 1. The predicted molar refractivity (Wildman–Crippen MR) is 168 cm³/mol. The van der Waals surface area contributed by atoms with Crippen LogP contribution in [0.25, 0.3) is 0 Å². The number of carbonyl (C=O) groups excluding carboxylic acids is 3. The van der Waals surface area contributed by atoms with E-state index in [4.69, 9.17) is 15.2 Å². The Bertz CT molecular complexity index is 1250. The Morgan fingerprint density at radius 3 is 2.31 bits per heavy atom. The largest absolute Gasteiger partial charge is 0.456 e. The van der Waals surface area contributed by atoms with Crippen LogP contribution < -0.4 is 5.73 Å². The molecule has 1 aromatic carbocycles. The summed E-state index contributed by atoms with van der Waals surface area (Å²) in [5, 5.41) is 0. The third kappa shape index (κ3) is 10.7. The number of hydrogen-bond donors (Lipinski definition) is 1. The van der Waals surface area contributed by atoms with E-state index in [2.05, 4.69) is 31.2 Å². The number of amidine groups is 1. The van der Waals surface area contributed by atoms with Crippen molar-refractivity contribution in [1.82, 2.24) is 0 Å². The molecule has 1 aromatic rings. The van der Waals surface area contributed by atoms with Crippen LogP contribution in [0.3, 0.4) is 0 Å². The lowest BCUT2D eigenvalue weighted by Gasteiger charge is -2.23. The quantitative estimate of drug-likeness (QED) is 0.119. The molecular weight excluding hydrogens is 528 g/mol. The molecule has 0 aromatic heterocycles. The molecular formula is C35H48N2O5. The van der Waals surface area contributed by atoms with E-state index >= 15 is 0 Å². The van der Waals surface area contributed by atoms with Crippen molar-refractivity contribution in [3.8, 4) is 0 Å². The molecule has 3 fully saturated rings. The van der Waals surface area contributed by atoms with Crippen molar-refractivity contribution in [2.75, 3.05) is 0 Å². The van der Waals surface area contributed by atoms with Crippen molar-refractivity contribution < 1.29 is 25.3 Å². The van der Waals surface area contributed by atoms with Crippen LogP contribution in [0.15, 0.2) is 71.4 Å². The van der Waals surface area contributed by atoms with Gasteiger partial charge in [-0.15, -0.1) is 5.73 Å². The number of ether oxygens (including phenoxy) is 2. The van der Waals surface area contributed by atoms with E-state index < -0.39 is 0 Å². The van der Waals surface area contributed by atoms with E-state index in [9.17, 15) is 14.4 Å². The van der Waals surface area contributed by atoms with Gasteiger partial charge in [0.05, 0.1) is 12.2 Å². The summed E-state index contributed by atoms with van der Waals surface area (Å²) in [5.41, 5.74) is 10.8. The van der Waals surface area contributed by atoms with Crippen LogP contribution in [-0.2, 0) is 19.1 Å². The number of nitrogens with two attached hydrogens (primary N) is 1. The Morgan fingerprint density at radius 2 is 1.83 bits per heavy atom. The molecule has 2 aliphatic heterocycles. The first-order valence-electron chi connectivity index (χ1n) is 15.0. The van der Waals surface area contributed by atoms with Crippen molar-refractivity contribution in [2.45, 2.75) is 97.4 Å². The summed E-state index contributed by atoms with van der Waals surface area (Å²) in [4.78, 5) is 36.8. The second-order valence-electron chi connectivity index (χ2n) is 11.9. The number of hydrogen-bond acceptors (Lipinski definition) is 6. The summed E-state index contributed by atoms with van der Waals surface area (Å²) in [6.07, 6.45) is 13.4. The van der Waals surface area contributed by atoms with Gasteiger partial charge in [-0.3, -0.25) is 9.59 Å². The number of allylic oxidation sites excluding steroid dienone is 2. The maximum atomic E-state index is 12.1. The minimum absolute atomic E-state index is 0. The summed E-state index contributed by atoms with van der Waals surface area (Å²) >= 11 is 0. The van der Waals surface area contributed by atoms with Gasteiger partial charge in [-0.25, -0.2) is 4.79 Å². The maximum absolute atomic E-state index is 12.1. The fourth-order valence-electron chi connectivity index (χ4n) is 5.13. The number of rotatable bonds is 8. The SMILES string of the molecule is C=C=C(C)/C=C\C(=O)O[C@H]1C(C2CC2)[C@@H](CC2CC2)O[C@H]1C.CC(=O)c1ccc(C(C)C)cc1.NC1=NC(=O)CC=C1.[HH]. The molecule has 4 atom stereocenters. The third-order valence-corrected chi connectivity index (χ3v) is 7.91. The standard InChI is InChI=1S/C19H26O3.C11H14O.C5H6N2O.H2/c1-4-12(2)5-10-17(20)22-19-13(3)21-16(11-14-6-7-14)18(19)15-8-9-15;1-8(2)10-4-6-11(7-5-10)9(3)12;6-4-2-1-3-5(8)7-4;/h5,10,13-16,18-19H,1,6-9,11H2,2-3H3;4-8H,1-3H3;1-2H,3H2,(H2,6,7,8);1H/b10-5-;;;/t13-,16+,18?,19+;;;/m0.../s1. The van der Waals surface area contributed by atoms with Gasteiger partial charge in [-0.1, -0.05) is 63.6 Å². The zero-order valence-electron chi connectivity index (χ0n) is 25.7. The summed E-state index contributed by atoms with van der Waals surface area (Å²) in [6.45, 7) is 13.3. The van der Waals surface area contributed by atoms with Gasteiger partial charge < -0.3 is 15.2 Å². The van der Waals surface area contributed by atoms with Crippen molar-refractivity contribution in [1.29, 1.82) is 0 Å². The van der Waals surface area contributed by atoms with Gasteiger partial charge in [-0.2, -0.15) is 4.99 Å². The molecule has 5 rings (SSSR count). The normalized spacial score (nSPS) is 24.6. The van der Waals surface area contributed by atoms with E-state index in [-0.39, 0.29) is 37.4 Å². The summed E-state index contributed by atoms with van der Waals surface area (Å²) in [7, 11) is 0. The van der Waals surface area contributed by atoms with Crippen molar-refractivity contribution in [3.05, 3.63) is 77.6 Å². The van der Waals surface area contributed by atoms with Gasteiger partial charge in [0.25, 0.3) is 5.91 Å². The first kappa shape index (κ1) is 33.0. The molecule has 228 valence electrons. The molecule has 7 nitrogen and oxygen atoms in total. The summed E-state index contributed by atoms with van der Waals surface area (Å²) in [5.74, 6) is 2.44. The highest BCUT2D eigenvalue weighted by Crippen LogP contribution is 2.50. The fraction of sp³-hybridized carbons (Fsp3) is 0.514. The molecule has 42 heavy (non-hydrogen) atoms. The molecule has 2 aliphatic carbocycles. The number of benzene rings is 1. The molecule has 0 radical (unpaired) electrons. The second kappa shape index (κ2) is 15.6. The average Bonchev–Trinajstić information content (AvgIpc) is 3.89. The summed E-state index contributed by atoms with van der Waals surface area (Å²) in [6, 6.07) is 7.80. The lowest BCUT2D eigenvalue weighted by Crippen LogP contribution is -2.33. The smallest absolute Gasteiger partial charge is 0.331 e. The number of aliphatic imine (C=N–C) groups is 1. The third-order valence-electron chi connectivity index (χ3n) is 7.91. The molecule has 1 amide bonds. The van der Waals surface area contributed by atoms with Crippen molar-refractivity contribution >= 4 is 23.5 Å². The van der Waals surface area contributed by atoms with Gasteiger partial charge in [0.1, 0.15) is 11.9 Å². The first-order valence-corrected chi connectivity index (χ1v) is 15.0. The minimum atomic E-state index is -0.284. The molecule has 7 heteroatoms. The Kier molecular flexibility index (Phi) is 12.3. The topological polar surface area (TPSA) is 108 Å². The van der Waals surface area contributed by atoms with Crippen molar-refractivity contribution in [2.24, 2.45) is 28.5 Å². The number of carbonyl (C=O) groups is 3. The average molecular weight is 577 g/mol. The molecule has 2 N–H and O–H groups in total. The van der Waals surface area contributed by atoms with E-state index in [0.717, 1.165) is 23.5 Å². The number of amides is 1. The Hall–Kier alpha value is -3.54. The first-order chi connectivity index (χ1) is 20.0. The van der Waals surface area contributed by atoms with Gasteiger partial charge in [-0.05, 0) is 81.1 Å². The molecule has 1 unspecified atom stereocenters. The lowest BCUT2D eigenvalue weighted by atomic mass is 9.89. The van der Waals surface area contributed by atoms with Crippen LogP contribution in [0.2, 0.25) is 0 Å². The molecule has 2 heterocycles.